The molecule has 13 heteroatoms. The van der Waals surface area contributed by atoms with Gasteiger partial charge in [0.15, 0.2) is 34.9 Å². The van der Waals surface area contributed by atoms with Gasteiger partial charge in [0.05, 0.1) is 25.3 Å². The maximum Gasteiger partial charge on any atom is 0.405 e. The highest BCUT2D eigenvalue weighted by molar-refractivity contribution is 5.97. The van der Waals surface area contributed by atoms with E-state index in [1.165, 1.54) is 36.4 Å². The number of alkyl halides is 2. The van der Waals surface area contributed by atoms with Gasteiger partial charge in [0.2, 0.25) is 5.89 Å². The number of carbonyl (C=O) groups excluding carboxylic acids is 2. The van der Waals surface area contributed by atoms with Crippen molar-refractivity contribution in [3.63, 3.8) is 0 Å². The number of para-hydroxylation sites is 1. The number of benzene rings is 2. The Bertz CT molecular complexity index is 1470. The number of oxazole rings is 1. The van der Waals surface area contributed by atoms with Crippen molar-refractivity contribution in [2.75, 3.05) is 13.2 Å². The number of nitrogens with one attached hydrogen (secondary N) is 1. The second kappa shape index (κ2) is 13.9. The first-order valence-electron chi connectivity index (χ1n) is 14.2. The molecular formula is C31H36F3N3O7. The van der Waals surface area contributed by atoms with E-state index in [9.17, 15) is 22.8 Å². The quantitative estimate of drug-likeness (QED) is 0.202. The van der Waals surface area contributed by atoms with Crippen LogP contribution in [0, 0.1) is 17.2 Å². The predicted octanol–water partition coefficient (Wildman–Crippen LogP) is 6.77. The lowest BCUT2D eigenvalue weighted by Crippen LogP contribution is -2.26. The SMILES string of the molecule is CCOc1c(F)cccc1C(=O)NCc1nc(-c2ccc(OC(F)F)c(OCC3CC3)c2)oc1C(CC(C)(C)C)OC(N)=O. The first-order valence-corrected chi connectivity index (χ1v) is 14.2. The highest BCUT2D eigenvalue weighted by Crippen LogP contribution is 2.39. The summed E-state index contributed by atoms with van der Waals surface area (Å²) in [4.78, 5) is 29.5. The van der Waals surface area contributed by atoms with Gasteiger partial charge in [0.25, 0.3) is 5.91 Å². The van der Waals surface area contributed by atoms with Gasteiger partial charge in [-0.1, -0.05) is 26.8 Å². The number of rotatable bonds is 14. The monoisotopic (exact) mass is 619 g/mol. The lowest BCUT2D eigenvalue weighted by Gasteiger charge is -2.24. The van der Waals surface area contributed by atoms with Crippen molar-refractivity contribution in [2.24, 2.45) is 17.1 Å². The number of primary amides is 1. The molecule has 0 bridgehead atoms. The summed E-state index contributed by atoms with van der Waals surface area (Å²) in [5, 5.41) is 2.69. The first-order chi connectivity index (χ1) is 20.8. The highest BCUT2D eigenvalue weighted by atomic mass is 19.3. The Hall–Kier alpha value is -4.42. The van der Waals surface area contributed by atoms with E-state index in [4.69, 9.17) is 24.4 Å². The smallest absolute Gasteiger partial charge is 0.405 e. The molecule has 1 heterocycles. The summed E-state index contributed by atoms with van der Waals surface area (Å²) in [5.41, 5.74) is 5.55. The van der Waals surface area contributed by atoms with E-state index >= 15 is 0 Å². The van der Waals surface area contributed by atoms with Gasteiger partial charge in [-0.2, -0.15) is 8.78 Å². The normalized spacial score (nSPS) is 13.8. The molecule has 44 heavy (non-hydrogen) atoms. The van der Waals surface area contributed by atoms with Crippen LogP contribution in [-0.4, -0.2) is 36.8 Å². The molecule has 238 valence electrons. The molecule has 0 aliphatic heterocycles. The van der Waals surface area contributed by atoms with E-state index < -0.39 is 30.5 Å². The van der Waals surface area contributed by atoms with Gasteiger partial charge in [0.1, 0.15) is 5.69 Å². The summed E-state index contributed by atoms with van der Waals surface area (Å²) in [6.45, 7) is 4.65. The number of nitrogens with two attached hydrogens (primary N) is 1. The van der Waals surface area contributed by atoms with E-state index in [0.717, 1.165) is 12.8 Å². The number of hydrogen-bond donors (Lipinski definition) is 2. The zero-order valence-corrected chi connectivity index (χ0v) is 25.0. The molecule has 0 saturated heterocycles. The number of aromatic nitrogens is 1. The zero-order valence-electron chi connectivity index (χ0n) is 25.0. The summed E-state index contributed by atoms with van der Waals surface area (Å²) < 4.78 is 67.8. The van der Waals surface area contributed by atoms with Crippen LogP contribution in [0.1, 0.15) is 74.9 Å². The van der Waals surface area contributed by atoms with Gasteiger partial charge in [0, 0.05) is 5.56 Å². The average molecular weight is 620 g/mol. The molecule has 4 rings (SSSR count). The van der Waals surface area contributed by atoms with Crippen LogP contribution in [0.15, 0.2) is 40.8 Å². The minimum absolute atomic E-state index is 0.0242. The third kappa shape index (κ3) is 8.80. The van der Waals surface area contributed by atoms with E-state index in [2.05, 4.69) is 15.0 Å². The van der Waals surface area contributed by atoms with E-state index in [1.54, 1.807) is 6.92 Å². The average Bonchev–Trinajstić information content (AvgIpc) is 3.67. The van der Waals surface area contributed by atoms with Gasteiger partial charge < -0.3 is 34.4 Å². The minimum Gasteiger partial charge on any atom is -0.490 e. The number of ether oxygens (including phenoxy) is 4. The molecule has 1 aromatic heterocycles. The molecule has 2 aromatic carbocycles. The Kier molecular flexibility index (Phi) is 10.3. The van der Waals surface area contributed by atoms with Gasteiger partial charge in [-0.25, -0.2) is 14.2 Å². The van der Waals surface area contributed by atoms with Crippen molar-refractivity contribution in [1.29, 1.82) is 0 Å². The van der Waals surface area contributed by atoms with Crippen LogP contribution < -0.4 is 25.3 Å². The Labute approximate surface area is 253 Å². The Morgan fingerprint density at radius 1 is 1.14 bits per heavy atom. The van der Waals surface area contributed by atoms with Gasteiger partial charge in [-0.15, -0.1) is 0 Å². The van der Waals surface area contributed by atoms with Crippen molar-refractivity contribution in [3.8, 4) is 28.7 Å². The number of carbonyl (C=O) groups is 2. The fourth-order valence-electron chi connectivity index (χ4n) is 4.43. The molecule has 1 atom stereocenters. The molecule has 0 radical (unpaired) electrons. The summed E-state index contributed by atoms with van der Waals surface area (Å²) in [5.74, 6) is -1.10. The van der Waals surface area contributed by atoms with E-state index in [-0.39, 0.29) is 65.1 Å². The molecule has 3 N–H and O–H groups in total. The summed E-state index contributed by atoms with van der Waals surface area (Å²) in [6.07, 6.45) is 0.221. The van der Waals surface area contributed by atoms with Crippen LogP contribution in [0.25, 0.3) is 11.5 Å². The molecule has 1 aliphatic carbocycles. The largest absolute Gasteiger partial charge is 0.490 e. The molecular weight excluding hydrogens is 583 g/mol. The van der Waals surface area contributed by atoms with Crippen molar-refractivity contribution >= 4 is 12.0 Å². The van der Waals surface area contributed by atoms with Crippen LogP contribution in [0.5, 0.6) is 17.2 Å². The molecule has 1 unspecified atom stereocenters. The number of amides is 2. The summed E-state index contributed by atoms with van der Waals surface area (Å²) in [7, 11) is 0. The van der Waals surface area contributed by atoms with Crippen molar-refractivity contribution in [1.82, 2.24) is 10.3 Å². The van der Waals surface area contributed by atoms with Crippen molar-refractivity contribution in [2.45, 2.75) is 66.2 Å². The summed E-state index contributed by atoms with van der Waals surface area (Å²) >= 11 is 0. The lowest BCUT2D eigenvalue weighted by atomic mass is 9.88. The molecule has 1 fully saturated rings. The fourth-order valence-corrected chi connectivity index (χ4v) is 4.43. The fraction of sp³-hybridized carbons (Fsp3) is 0.452. The van der Waals surface area contributed by atoms with Crippen LogP contribution in [0.3, 0.4) is 0 Å². The minimum atomic E-state index is -3.06. The third-order valence-corrected chi connectivity index (χ3v) is 6.57. The number of nitrogens with zero attached hydrogens (tertiary/aromatic N) is 1. The maximum atomic E-state index is 14.4. The van der Waals surface area contributed by atoms with Crippen LogP contribution in [0.4, 0.5) is 18.0 Å². The Morgan fingerprint density at radius 3 is 2.52 bits per heavy atom. The van der Waals surface area contributed by atoms with Crippen LogP contribution in [0.2, 0.25) is 0 Å². The molecule has 2 amide bonds. The zero-order chi connectivity index (χ0) is 32.0. The second-order valence-electron chi connectivity index (χ2n) is 11.5. The molecule has 0 spiro atoms. The number of halogens is 3. The third-order valence-electron chi connectivity index (χ3n) is 6.57. The van der Waals surface area contributed by atoms with E-state index in [0.29, 0.717) is 18.1 Å². The first kappa shape index (κ1) is 32.5. The lowest BCUT2D eigenvalue weighted by molar-refractivity contribution is -0.0515. The Morgan fingerprint density at radius 2 is 1.89 bits per heavy atom. The topological polar surface area (TPSA) is 135 Å². The second-order valence-corrected chi connectivity index (χ2v) is 11.5. The molecule has 3 aromatic rings. The van der Waals surface area contributed by atoms with Crippen molar-refractivity contribution in [3.05, 3.63) is 59.2 Å². The molecule has 10 nitrogen and oxygen atoms in total. The summed E-state index contributed by atoms with van der Waals surface area (Å²) in [6, 6.07) is 8.24. The molecule has 1 aliphatic rings. The van der Waals surface area contributed by atoms with E-state index in [1.807, 2.05) is 20.8 Å². The van der Waals surface area contributed by atoms with Gasteiger partial charge in [-0.05, 0) is 67.9 Å². The highest BCUT2D eigenvalue weighted by Gasteiger charge is 2.31. The standard InChI is InChI=1S/C31H36F3N3O7/c1-5-40-25-19(7-6-8-20(25)32)27(38)36-15-21-26(24(43-30(35)39)14-31(2,3)4)44-28(37-21)18-11-12-22(42-29(33)34)23(13-18)41-16-17-9-10-17/h6-8,11-13,17,24,29H,5,9-10,14-16H2,1-4H3,(H2,35,39)(H,36,38). The van der Waals surface area contributed by atoms with Crippen molar-refractivity contribution < 1.29 is 46.1 Å². The molecule has 1 saturated carbocycles. The van der Waals surface area contributed by atoms with Gasteiger partial charge >= 0.3 is 12.7 Å². The van der Waals surface area contributed by atoms with Crippen LogP contribution in [-0.2, 0) is 11.3 Å². The maximum absolute atomic E-state index is 14.4. The Balaban J connectivity index is 1.71. The number of hydrogen-bond acceptors (Lipinski definition) is 8. The van der Waals surface area contributed by atoms with Crippen LogP contribution >= 0.6 is 0 Å². The van der Waals surface area contributed by atoms with Gasteiger partial charge in [-0.3, -0.25) is 4.79 Å². The predicted molar refractivity (Wildman–Crippen MR) is 153 cm³/mol.